The maximum atomic E-state index is 6.02. The quantitative estimate of drug-likeness (QED) is 0.790. The lowest BCUT2D eigenvalue weighted by Crippen LogP contribution is -2.14. The zero-order valence-corrected chi connectivity index (χ0v) is 8.95. The van der Waals surface area contributed by atoms with Crippen molar-refractivity contribution in [1.29, 1.82) is 0 Å². The number of nitrogens with zero attached hydrogens (tertiary/aromatic N) is 3. The van der Waals surface area contributed by atoms with Crippen LogP contribution in [0.1, 0.15) is 18.2 Å². The van der Waals surface area contributed by atoms with Gasteiger partial charge in [0.25, 0.3) is 0 Å². The average Bonchev–Trinajstić information content (AvgIpc) is 2.79. The third-order valence-electron chi connectivity index (χ3n) is 2.38. The van der Waals surface area contributed by atoms with Gasteiger partial charge in [-0.3, -0.25) is 0 Å². The van der Waals surface area contributed by atoms with E-state index in [2.05, 4.69) is 16.9 Å². The van der Waals surface area contributed by atoms with Crippen molar-refractivity contribution in [3.05, 3.63) is 54.9 Å². The first-order valence-electron chi connectivity index (χ1n) is 5.15. The van der Waals surface area contributed by atoms with Crippen LogP contribution in [-0.4, -0.2) is 15.0 Å². The van der Waals surface area contributed by atoms with Gasteiger partial charge in [0.2, 0.25) is 0 Å². The van der Waals surface area contributed by atoms with Crippen LogP contribution in [0.5, 0.6) is 0 Å². The second kappa shape index (κ2) is 4.72. The molecular weight excluding hydrogens is 200 g/mol. The average molecular weight is 214 g/mol. The number of hydrogen-bond donors (Lipinski definition) is 1. The highest BCUT2D eigenvalue weighted by Crippen LogP contribution is 2.16. The van der Waals surface area contributed by atoms with Gasteiger partial charge in [-0.25, -0.2) is 4.68 Å². The molecule has 1 aromatic carbocycles. The molecule has 1 atom stereocenters. The lowest BCUT2D eigenvalue weighted by Gasteiger charge is -2.10. The van der Waals surface area contributed by atoms with E-state index in [1.54, 1.807) is 17.0 Å². The maximum Gasteiger partial charge on any atom is 0.0816 e. The Bertz CT molecular complexity index is 461. The fourth-order valence-corrected chi connectivity index (χ4v) is 1.57. The van der Waals surface area contributed by atoms with Crippen LogP contribution < -0.4 is 5.73 Å². The van der Waals surface area contributed by atoms with Crippen molar-refractivity contribution in [2.45, 2.75) is 12.5 Å². The molecule has 16 heavy (non-hydrogen) atoms. The molecule has 4 heteroatoms. The van der Waals surface area contributed by atoms with Gasteiger partial charge in [-0.2, -0.15) is 0 Å². The summed E-state index contributed by atoms with van der Waals surface area (Å²) in [7, 11) is 0. The number of nitrogens with two attached hydrogens (primary N) is 1. The molecular formula is C12H14N4. The molecule has 2 aromatic rings. The van der Waals surface area contributed by atoms with Gasteiger partial charge in [-0.1, -0.05) is 29.5 Å². The number of para-hydroxylation sites is 1. The Hall–Kier alpha value is -1.94. The summed E-state index contributed by atoms with van der Waals surface area (Å²) in [6, 6.07) is 9.70. The summed E-state index contributed by atoms with van der Waals surface area (Å²) in [6.07, 6.45) is 4.20. The molecule has 0 amide bonds. The summed E-state index contributed by atoms with van der Waals surface area (Å²) in [4.78, 5) is 0. The van der Waals surface area contributed by atoms with E-state index in [0.717, 1.165) is 11.4 Å². The standard InChI is InChI=1S/C12H14N4/c1-2-6-11(13)12-9-14-15-16(12)10-7-4-3-5-8-10/h2-5,7-9,11H,1,6,13H2. The van der Waals surface area contributed by atoms with Crippen LogP contribution in [0.25, 0.3) is 5.69 Å². The predicted octanol–water partition coefficient (Wildman–Crippen LogP) is 1.84. The third-order valence-corrected chi connectivity index (χ3v) is 2.38. The maximum absolute atomic E-state index is 6.02. The molecule has 0 radical (unpaired) electrons. The zero-order chi connectivity index (χ0) is 11.4. The largest absolute Gasteiger partial charge is 0.322 e. The minimum absolute atomic E-state index is 0.118. The molecule has 1 aromatic heterocycles. The van der Waals surface area contributed by atoms with Gasteiger partial charge >= 0.3 is 0 Å². The fraction of sp³-hybridized carbons (Fsp3) is 0.167. The van der Waals surface area contributed by atoms with E-state index in [1.165, 1.54) is 0 Å². The Morgan fingerprint density at radius 2 is 2.12 bits per heavy atom. The first-order chi connectivity index (χ1) is 7.83. The Morgan fingerprint density at radius 3 is 2.81 bits per heavy atom. The first-order valence-corrected chi connectivity index (χ1v) is 5.15. The first kappa shape index (κ1) is 10.6. The molecule has 0 spiro atoms. The lowest BCUT2D eigenvalue weighted by atomic mass is 10.1. The number of aromatic nitrogens is 3. The Kier molecular flexibility index (Phi) is 3.12. The highest BCUT2D eigenvalue weighted by Gasteiger charge is 2.12. The zero-order valence-electron chi connectivity index (χ0n) is 8.95. The highest BCUT2D eigenvalue weighted by atomic mass is 15.4. The molecule has 0 aliphatic heterocycles. The molecule has 4 nitrogen and oxygen atoms in total. The van der Waals surface area contributed by atoms with E-state index in [9.17, 15) is 0 Å². The van der Waals surface area contributed by atoms with E-state index in [0.29, 0.717) is 6.42 Å². The molecule has 2 rings (SSSR count). The molecule has 2 N–H and O–H groups in total. The summed E-state index contributed by atoms with van der Waals surface area (Å²) in [5, 5.41) is 7.94. The molecule has 1 heterocycles. The summed E-state index contributed by atoms with van der Waals surface area (Å²) in [5.74, 6) is 0. The fourth-order valence-electron chi connectivity index (χ4n) is 1.57. The van der Waals surface area contributed by atoms with Crippen LogP contribution in [0.15, 0.2) is 49.2 Å². The Labute approximate surface area is 94.4 Å². The summed E-state index contributed by atoms with van der Waals surface area (Å²) < 4.78 is 1.76. The van der Waals surface area contributed by atoms with Gasteiger partial charge in [0.15, 0.2) is 0 Å². The van der Waals surface area contributed by atoms with Crippen molar-refractivity contribution in [3.63, 3.8) is 0 Å². The molecule has 0 bridgehead atoms. The van der Waals surface area contributed by atoms with Gasteiger partial charge < -0.3 is 5.73 Å². The SMILES string of the molecule is C=CCC(N)c1cnnn1-c1ccccc1. The van der Waals surface area contributed by atoms with Crippen molar-refractivity contribution in [2.24, 2.45) is 5.73 Å². The van der Waals surface area contributed by atoms with Gasteiger partial charge in [0.05, 0.1) is 23.6 Å². The van der Waals surface area contributed by atoms with E-state index < -0.39 is 0 Å². The third kappa shape index (κ3) is 2.01. The van der Waals surface area contributed by atoms with Crippen LogP contribution in [0, 0.1) is 0 Å². The Balaban J connectivity index is 2.36. The van der Waals surface area contributed by atoms with Crippen LogP contribution in [-0.2, 0) is 0 Å². The van der Waals surface area contributed by atoms with Crippen LogP contribution >= 0.6 is 0 Å². The molecule has 82 valence electrons. The topological polar surface area (TPSA) is 56.7 Å². The monoisotopic (exact) mass is 214 g/mol. The highest BCUT2D eigenvalue weighted by molar-refractivity contribution is 5.32. The van der Waals surface area contributed by atoms with Gasteiger partial charge in [0, 0.05) is 0 Å². The van der Waals surface area contributed by atoms with Crippen molar-refractivity contribution >= 4 is 0 Å². The molecule has 1 unspecified atom stereocenters. The second-order valence-electron chi connectivity index (χ2n) is 3.54. The summed E-state index contributed by atoms with van der Waals surface area (Å²) in [5.41, 5.74) is 7.88. The minimum atomic E-state index is -0.118. The van der Waals surface area contributed by atoms with Gasteiger partial charge in [-0.15, -0.1) is 11.7 Å². The van der Waals surface area contributed by atoms with E-state index in [4.69, 9.17) is 5.73 Å². The minimum Gasteiger partial charge on any atom is -0.322 e. The van der Waals surface area contributed by atoms with Crippen LogP contribution in [0.3, 0.4) is 0 Å². The number of hydrogen-bond acceptors (Lipinski definition) is 3. The van der Waals surface area contributed by atoms with E-state index >= 15 is 0 Å². The molecule has 0 saturated heterocycles. The second-order valence-corrected chi connectivity index (χ2v) is 3.54. The summed E-state index contributed by atoms with van der Waals surface area (Å²) in [6.45, 7) is 3.68. The van der Waals surface area contributed by atoms with Gasteiger partial charge in [0.1, 0.15) is 0 Å². The smallest absolute Gasteiger partial charge is 0.0816 e. The Morgan fingerprint density at radius 1 is 1.38 bits per heavy atom. The number of rotatable bonds is 4. The van der Waals surface area contributed by atoms with Crippen LogP contribution in [0.4, 0.5) is 0 Å². The summed E-state index contributed by atoms with van der Waals surface area (Å²) >= 11 is 0. The van der Waals surface area contributed by atoms with Crippen molar-refractivity contribution in [1.82, 2.24) is 15.0 Å². The normalized spacial score (nSPS) is 12.3. The molecule has 0 fully saturated rings. The van der Waals surface area contributed by atoms with Crippen LogP contribution in [0.2, 0.25) is 0 Å². The number of benzene rings is 1. The molecule has 0 aliphatic rings. The molecule has 0 aliphatic carbocycles. The molecule has 0 saturated carbocycles. The predicted molar refractivity (Wildman–Crippen MR) is 63.1 cm³/mol. The van der Waals surface area contributed by atoms with Gasteiger partial charge in [-0.05, 0) is 18.6 Å². The van der Waals surface area contributed by atoms with E-state index in [-0.39, 0.29) is 6.04 Å². The van der Waals surface area contributed by atoms with Crippen molar-refractivity contribution in [2.75, 3.05) is 0 Å². The van der Waals surface area contributed by atoms with Crippen molar-refractivity contribution < 1.29 is 0 Å². The van der Waals surface area contributed by atoms with E-state index in [1.807, 2.05) is 30.3 Å². The van der Waals surface area contributed by atoms with Crippen molar-refractivity contribution in [3.8, 4) is 5.69 Å². The lowest BCUT2D eigenvalue weighted by molar-refractivity contribution is 0.660.